The molecule has 22 heavy (non-hydrogen) atoms. The number of ether oxygens (including phenoxy) is 1. The third-order valence-electron chi connectivity index (χ3n) is 3.33. The predicted molar refractivity (Wildman–Crippen MR) is 80.8 cm³/mol. The van der Waals surface area contributed by atoms with Crippen molar-refractivity contribution < 1.29 is 29.9 Å². The Balaban J connectivity index is 0.000000295. The quantitative estimate of drug-likeness (QED) is 0.334. The standard InChI is InChI=1S/C13H18OS.F6P/c1-9-10(2)13(15)8-7-12(9)14-11-5-3-4-6-11;1-7(2,3,4,5)6/h7-8,11,15H,3-6H2,1-2H3;/q;-1/p+1. The molecule has 1 saturated carbocycles. The molecule has 0 spiro atoms. The minimum atomic E-state index is -10.7. The first-order chi connectivity index (χ1) is 9.63. The summed E-state index contributed by atoms with van der Waals surface area (Å²) in [5.41, 5.74) is 2.54. The molecule has 1 fully saturated rings. The molecule has 0 atom stereocenters. The van der Waals surface area contributed by atoms with Crippen molar-refractivity contribution in [1.82, 2.24) is 0 Å². The summed E-state index contributed by atoms with van der Waals surface area (Å²) in [5, 5.41) is 0. The third kappa shape index (κ3) is 8.73. The van der Waals surface area contributed by atoms with Crippen LogP contribution in [0.2, 0.25) is 0 Å². The van der Waals surface area contributed by atoms with Crippen LogP contribution in [0.1, 0.15) is 36.8 Å². The molecule has 9 heteroatoms. The van der Waals surface area contributed by atoms with E-state index in [2.05, 4.69) is 38.6 Å². The van der Waals surface area contributed by atoms with Gasteiger partial charge in [0.1, 0.15) is 5.75 Å². The van der Waals surface area contributed by atoms with E-state index in [-0.39, 0.29) is 0 Å². The van der Waals surface area contributed by atoms with Crippen LogP contribution in [0, 0.1) is 13.8 Å². The van der Waals surface area contributed by atoms with Gasteiger partial charge in [-0.15, -0.1) is 0 Å². The predicted octanol–water partition coefficient (Wildman–Crippen LogP) is 6.38. The zero-order valence-electron chi connectivity index (χ0n) is 12.2. The summed E-state index contributed by atoms with van der Waals surface area (Å²) < 4.78 is 65.2. The fourth-order valence-corrected chi connectivity index (χ4v) is 2.38. The summed E-state index contributed by atoms with van der Waals surface area (Å²) in [6.07, 6.45) is 5.52. The normalized spacial score (nSPS) is 19.0. The topological polar surface area (TPSA) is 9.23 Å². The van der Waals surface area contributed by atoms with Gasteiger partial charge in [-0.25, -0.2) is 0 Å². The van der Waals surface area contributed by atoms with E-state index in [1.165, 1.54) is 36.8 Å². The van der Waals surface area contributed by atoms with E-state index in [4.69, 9.17) is 4.74 Å². The molecular formula is C13H19F6OPS. The van der Waals surface area contributed by atoms with E-state index in [9.17, 15) is 25.2 Å². The summed E-state index contributed by atoms with van der Waals surface area (Å²) in [5.74, 6) is 1.06. The molecular weight excluding hydrogens is 349 g/mol. The Morgan fingerprint density at radius 2 is 1.41 bits per heavy atom. The fourth-order valence-electron chi connectivity index (χ4n) is 2.11. The summed E-state index contributed by atoms with van der Waals surface area (Å²) >= 11 is 3.59. The van der Waals surface area contributed by atoms with Gasteiger partial charge in [-0.05, 0) is 69.9 Å². The molecule has 0 radical (unpaired) electrons. The van der Waals surface area contributed by atoms with Gasteiger partial charge in [0.2, 0.25) is 0 Å². The van der Waals surface area contributed by atoms with Crippen LogP contribution in [0.4, 0.5) is 25.2 Å². The first kappa shape index (κ1) is 19.4. The minimum absolute atomic E-state index is 0.448. The summed E-state index contributed by atoms with van der Waals surface area (Å²) in [6.45, 7) is 4.25. The zero-order chi connectivity index (χ0) is 17.2. The molecule has 0 aliphatic heterocycles. The van der Waals surface area contributed by atoms with E-state index in [0.29, 0.717) is 6.10 Å². The van der Waals surface area contributed by atoms with Gasteiger partial charge in [0.15, 0.2) is 4.90 Å². The van der Waals surface area contributed by atoms with Gasteiger partial charge in [-0.2, -0.15) is 0 Å². The van der Waals surface area contributed by atoms with Crippen LogP contribution in [-0.4, -0.2) is 6.10 Å². The van der Waals surface area contributed by atoms with Crippen LogP contribution in [0.3, 0.4) is 0 Å². The molecule has 1 aliphatic carbocycles. The summed E-state index contributed by atoms with van der Waals surface area (Å²) in [4.78, 5) is 1.16. The van der Waals surface area contributed by atoms with Gasteiger partial charge in [-0.3, -0.25) is 0 Å². The van der Waals surface area contributed by atoms with Crippen molar-refractivity contribution in [3.63, 3.8) is 0 Å². The average Bonchev–Trinajstić information content (AvgIpc) is 2.79. The molecule has 0 unspecified atom stereocenters. The van der Waals surface area contributed by atoms with Gasteiger partial charge in [0.25, 0.3) is 0 Å². The summed E-state index contributed by atoms with van der Waals surface area (Å²) in [6, 6.07) is 4.15. The molecule has 130 valence electrons. The Bertz CT molecular complexity index is 525. The van der Waals surface area contributed by atoms with Gasteiger partial charge in [0, 0.05) is 5.56 Å². The second-order valence-corrected chi connectivity index (χ2v) is 7.80. The van der Waals surface area contributed by atoms with E-state index >= 15 is 0 Å². The second kappa shape index (κ2) is 5.78. The van der Waals surface area contributed by atoms with Crippen molar-refractivity contribution in [2.75, 3.05) is 0 Å². The number of benzene rings is 1. The van der Waals surface area contributed by atoms with Gasteiger partial charge < -0.3 is 4.74 Å². The molecule has 0 N–H and O–H groups in total. The van der Waals surface area contributed by atoms with Crippen LogP contribution in [0.15, 0.2) is 17.0 Å². The number of hydrogen-bond donors (Lipinski definition) is 0. The van der Waals surface area contributed by atoms with Gasteiger partial charge >= 0.3 is 33.0 Å². The Morgan fingerprint density at radius 1 is 0.955 bits per heavy atom. The maximum absolute atomic E-state index is 10.7. The van der Waals surface area contributed by atoms with Crippen molar-refractivity contribution in [3.8, 4) is 5.75 Å². The molecule has 0 bridgehead atoms. The fraction of sp³-hybridized carbons (Fsp3) is 0.538. The van der Waals surface area contributed by atoms with Crippen molar-refractivity contribution in [3.05, 3.63) is 23.3 Å². The monoisotopic (exact) mass is 368 g/mol. The molecule has 2 rings (SSSR count). The Hall–Kier alpha value is -0.620. The van der Waals surface area contributed by atoms with Crippen molar-refractivity contribution >= 4 is 20.4 Å². The third-order valence-corrected chi connectivity index (χ3v) is 3.87. The van der Waals surface area contributed by atoms with E-state index in [0.717, 1.165) is 10.6 Å². The SMILES string of the molecule is Cc1c([SH2+])ccc(OC2CCCC2)c1C.F[P-](F)(F)(F)(F)F. The number of halogens is 6. The molecule has 0 saturated heterocycles. The zero-order valence-corrected chi connectivity index (χ0v) is 14.1. The first-order valence-corrected chi connectivity index (χ1v) is 9.21. The second-order valence-electron chi connectivity index (χ2n) is 5.34. The van der Waals surface area contributed by atoms with E-state index in [1.54, 1.807) is 0 Å². The molecule has 0 aromatic heterocycles. The maximum atomic E-state index is 9.87. The van der Waals surface area contributed by atoms with Crippen molar-refractivity contribution in [1.29, 1.82) is 0 Å². The molecule has 0 amide bonds. The molecule has 1 aromatic carbocycles. The van der Waals surface area contributed by atoms with E-state index < -0.39 is 7.81 Å². The molecule has 0 heterocycles. The van der Waals surface area contributed by atoms with Gasteiger partial charge in [-0.1, -0.05) is 0 Å². The summed E-state index contributed by atoms with van der Waals surface area (Å²) in [7, 11) is -10.7. The Kier molecular flexibility index (Phi) is 5.11. The molecule has 1 aromatic rings. The Morgan fingerprint density at radius 3 is 1.86 bits per heavy atom. The average molecular weight is 368 g/mol. The van der Waals surface area contributed by atoms with E-state index in [1.807, 2.05) is 0 Å². The number of rotatable bonds is 2. The molecule has 1 nitrogen and oxygen atoms in total. The van der Waals surface area contributed by atoms with Gasteiger partial charge in [0.05, 0.1) is 6.10 Å². The van der Waals surface area contributed by atoms with Crippen LogP contribution in [0.5, 0.6) is 5.75 Å². The first-order valence-electron chi connectivity index (χ1n) is 6.68. The van der Waals surface area contributed by atoms with Crippen molar-refractivity contribution in [2.45, 2.75) is 50.5 Å². The van der Waals surface area contributed by atoms with Crippen molar-refractivity contribution in [2.24, 2.45) is 0 Å². The van der Waals surface area contributed by atoms with Crippen LogP contribution < -0.4 is 4.74 Å². The van der Waals surface area contributed by atoms with Crippen LogP contribution in [0.25, 0.3) is 0 Å². The van der Waals surface area contributed by atoms with Crippen LogP contribution >= 0.6 is 7.81 Å². The molecule has 1 aliphatic rings. The number of hydrogen-bond acceptors (Lipinski definition) is 1. The van der Waals surface area contributed by atoms with Crippen LogP contribution in [-0.2, 0) is 12.6 Å². The Labute approximate surface area is 130 Å².